The zero-order valence-corrected chi connectivity index (χ0v) is 12.3. The van der Waals surface area contributed by atoms with Crippen molar-refractivity contribution in [2.45, 2.75) is 42.5 Å². The smallest absolute Gasteiger partial charge is 0.326 e. The van der Waals surface area contributed by atoms with Gasteiger partial charge in [-0.1, -0.05) is 30.3 Å². The summed E-state index contributed by atoms with van der Waals surface area (Å²) in [4.78, 5) is 11.7. The molecule has 0 spiro atoms. The van der Waals surface area contributed by atoms with Gasteiger partial charge in [-0.15, -0.1) is 0 Å². The highest BCUT2D eigenvalue weighted by molar-refractivity contribution is 5.80. The first-order valence-corrected chi connectivity index (χ1v) is 7.18. The summed E-state index contributed by atoms with van der Waals surface area (Å²) in [5, 5.41) is 48.5. The predicted octanol–water partition coefficient (Wildman–Crippen LogP) is -2.15. The average molecular weight is 327 g/mol. The first-order valence-electron chi connectivity index (χ1n) is 7.18. The number of carboxylic acids is 1. The zero-order chi connectivity index (χ0) is 17.2. The molecule has 1 aliphatic heterocycles. The summed E-state index contributed by atoms with van der Waals surface area (Å²) in [6.07, 6.45) is -7.83. The molecule has 8 heteroatoms. The van der Waals surface area contributed by atoms with Crippen LogP contribution in [0.1, 0.15) is 5.56 Å². The molecule has 1 saturated heterocycles. The Morgan fingerprint density at radius 1 is 1.13 bits per heavy atom. The molecule has 6 atom stereocenters. The maximum Gasteiger partial charge on any atom is 0.326 e. The van der Waals surface area contributed by atoms with Crippen molar-refractivity contribution in [3.8, 4) is 0 Å². The molecule has 0 saturated carbocycles. The van der Waals surface area contributed by atoms with E-state index in [1.807, 2.05) is 0 Å². The Balaban J connectivity index is 2.33. The van der Waals surface area contributed by atoms with Crippen molar-refractivity contribution in [2.75, 3.05) is 6.61 Å². The van der Waals surface area contributed by atoms with Crippen LogP contribution in [0.4, 0.5) is 0 Å². The predicted molar refractivity (Wildman–Crippen MR) is 78.5 cm³/mol. The molecular weight excluding hydrogens is 306 g/mol. The van der Waals surface area contributed by atoms with Crippen molar-refractivity contribution in [1.29, 1.82) is 0 Å². The first kappa shape index (κ1) is 17.8. The fraction of sp³-hybridized carbons (Fsp3) is 0.533. The minimum absolute atomic E-state index is 0.161. The number of aliphatic carboxylic acids is 1. The van der Waals surface area contributed by atoms with Gasteiger partial charge in [0, 0.05) is 6.42 Å². The molecule has 1 fully saturated rings. The average Bonchev–Trinajstić information content (AvgIpc) is 2.53. The molecular formula is C15H21NO7. The van der Waals surface area contributed by atoms with Crippen molar-refractivity contribution in [1.82, 2.24) is 0 Å². The van der Waals surface area contributed by atoms with E-state index in [0.717, 1.165) is 0 Å². The Morgan fingerprint density at radius 3 is 2.26 bits per heavy atom. The van der Waals surface area contributed by atoms with Crippen LogP contribution in [0, 0.1) is 0 Å². The van der Waals surface area contributed by atoms with Crippen LogP contribution in [0.25, 0.3) is 0 Å². The summed E-state index contributed by atoms with van der Waals surface area (Å²) in [6.45, 7) is -0.650. The lowest BCUT2D eigenvalue weighted by Crippen LogP contribution is -2.71. The number of ether oxygens (including phenoxy) is 1. The molecule has 0 aliphatic carbocycles. The zero-order valence-electron chi connectivity index (χ0n) is 12.3. The highest BCUT2D eigenvalue weighted by Gasteiger charge is 2.54. The third kappa shape index (κ3) is 3.37. The Hall–Kier alpha value is -1.55. The summed E-state index contributed by atoms with van der Waals surface area (Å²) >= 11 is 0. The van der Waals surface area contributed by atoms with Gasteiger partial charge in [-0.3, -0.25) is 4.79 Å². The molecule has 128 valence electrons. The Kier molecular flexibility index (Phi) is 5.35. The third-order valence-corrected chi connectivity index (χ3v) is 4.14. The largest absolute Gasteiger partial charge is 0.480 e. The topological polar surface area (TPSA) is 153 Å². The number of rotatable bonds is 5. The second-order valence-electron chi connectivity index (χ2n) is 5.76. The van der Waals surface area contributed by atoms with Gasteiger partial charge >= 0.3 is 5.97 Å². The molecule has 0 radical (unpaired) electrons. The van der Waals surface area contributed by atoms with E-state index in [1.54, 1.807) is 30.3 Å². The molecule has 8 nitrogen and oxygen atoms in total. The van der Waals surface area contributed by atoms with E-state index in [-0.39, 0.29) is 6.42 Å². The van der Waals surface area contributed by atoms with Crippen molar-refractivity contribution in [3.63, 3.8) is 0 Å². The van der Waals surface area contributed by atoms with Gasteiger partial charge in [-0.05, 0) is 5.56 Å². The minimum Gasteiger partial charge on any atom is -0.480 e. The quantitative estimate of drug-likeness (QED) is 0.358. The summed E-state index contributed by atoms with van der Waals surface area (Å²) < 4.78 is 5.31. The summed E-state index contributed by atoms with van der Waals surface area (Å²) in [5.74, 6) is -1.43. The fourth-order valence-electron chi connectivity index (χ4n) is 2.76. The maximum absolute atomic E-state index is 11.7. The van der Waals surface area contributed by atoms with Crippen molar-refractivity contribution in [2.24, 2.45) is 5.73 Å². The lowest BCUT2D eigenvalue weighted by atomic mass is 9.79. The molecule has 1 aromatic carbocycles. The van der Waals surface area contributed by atoms with Crippen LogP contribution in [-0.2, 0) is 16.0 Å². The van der Waals surface area contributed by atoms with E-state index in [2.05, 4.69) is 0 Å². The molecule has 1 aromatic rings. The number of hydrogen-bond acceptors (Lipinski definition) is 7. The number of aliphatic hydroxyl groups excluding tert-OH is 4. The van der Waals surface area contributed by atoms with E-state index in [1.165, 1.54) is 0 Å². The summed E-state index contributed by atoms with van der Waals surface area (Å²) in [5.41, 5.74) is 4.56. The lowest BCUT2D eigenvalue weighted by Gasteiger charge is -2.45. The van der Waals surface area contributed by atoms with E-state index in [0.29, 0.717) is 5.56 Å². The van der Waals surface area contributed by atoms with E-state index in [4.69, 9.17) is 10.5 Å². The van der Waals surface area contributed by atoms with Crippen LogP contribution < -0.4 is 5.73 Å². The molecule has 1 heterocycles. The number of carboxylic acid groups (broad SMARTS) is 1. The highest BCUT2D eigenvalue weighted by atomic mass is 16.5. The number of hydrogen-bond donors (Lipinski definition) is 6. The normalized spacial score (nSPS) is 33.9. The number of benzene rings is 1. The number of nitrogens with two attached hydrogens (primary N) is 1. The van der Waals surface area contributed by atoms with Gasteiger partial charge in [0.1, 0.15) is 36.1 Å². The molecule has 7 N–H and O–H groups in total. The van der Waals surface area contributed by atoms with Crippen LogP contribution in [-0.4, -0.2) is 74.2 Å². The number of carbonyl (C=O) groups is 1. The fourth-order valence-corrected chi connectivity index (χ4v) is 2.76. The van der Waals surface area contributed by atoms with Crippen LogP contribution in [0.15, 0.2) is 30.3 Å². The number of aliphatic hydroxyl groups is 4. The van der Waals surface area contributed by atoms with Crippen molar-refractivity contribution >= 4 is 5.97 Å². The first-order chi connectivity index (χ1) is 10.8. The second kappa shape index (κ2) is 6.91. The maximum atomic E-state index is 11.7. The minimum atomic E-state index is -2.05. The van der Waals surface area contributed by atoms with Gasteiger partial charge in [-0.25, -0.2) is 0 Å². The van der Waals surface area contributed by atoms with E-state index in [9.17, 15) is 30.3 Å². The van der Waals surface area contributed by atoms with E-state index < -0.39 is 48.6 Å². The van der Waals surface area contributed by atoms with Crippen molar-refractivity contribution in [3.05, 3.63) is 35.9 Å². The Bertz CT molecular complexity index is 538. The molecule has 23 heavy (non-hydrogen) atoms. The molecule has 0 unspecified atom stereocenters. The van der Waals surface area contributed by atoms with Gasteiger partial charge in [0.25, 0.3) is 0 Å². The van der Waals surface area contributed by atoms with Gasteiger partial charge in [0.15, 0.2) is 0 Å². The van der Waals surface area contributed by atoms with Crippen LogP contribution in [0.2, 0.25) is 0 Å². The molecule has 2 rings (SSSR count). The Morgan fingerprint density at radius 2 is 1.74 bits per heavy atom. The highest BCUT2D eigenvalue weighted by Crippen LogP contribution is 2.29. The summed E-state index contributed by atoms with van der Waals surface area (Å²) in [7, 11) is 0. The van der Waals surface area contributed by atoms with Crippen LogP contribution in [0.3, 0.4) is 0 Å². The summed E-state index contributed by atoms with van der Waals surface area (Å²) in [6, 6.07) is 8.54. The van der Waals surface area contributed by atoms with Crippen LogP contribution >= 0.6 is 0 Å². The van der Waals surface area contributed by atoms with E-state index >= 15 is 0 Å². The SMILES string of the molecule is N[C@](Cc1ccccc1)(C(=O)O)[C@H]1O[C@H](CO)[C@@H](O)[C@H](O)[C@@H]1O. The van der Waals surface area contributed by atoms with Gasteiger partial charge < -0.3 is 36.0 Å². The van der Waals surface area contributed by atoms with Gasteiger partial charge in [-0.2, -0.15) is 0 Å². The molecule has 1 aliphatic rings. The molecule has 0 aromatic heterocycles. The standard InChI is InChI=1S/C15H21NO7/c16-15(14(21)22,6-8-4-2-1-3-5-8)13-12(20)11(19)10(18)9(7-17)23-13/h1-5,9-13,17-20H,6-7,16H2,(H,21,22)/t9-,10-,11+,12+,13+,15+/m1/s1. The third-order valence-electron chi connectivity index (χ3n) is 4.14. The molecule has 0 bridgehead atoms. The van der Waals surface area contributed by atoms with Gasteiger partial charge in [0.2, 0.25) is 0 Å². The molecule has 0 amide bonds. The lowest BCUT2D eigenvalue weighted by molar-refractivity contribution is -0.245. The second-order valence-corrected chi connectivity index (χ2v) is 5.76. The van der Waals surface area contributed by atoms with Crippen LogP contribution in [0.5, 0.6) is 0 Å². The van der Waals surface area contributed by atoms with Gasteiger partial charge in [0.05, 0.1) is 6.61 Å². The monoisotopic (exact) mass is 327 g/mol. The Labute approximate surface area is 132 Å². The van der Waals surface area contributed by atoms with Crippen molar-refractivity contribution < 1.29 is 35.1 Å².